The third-order valence-electron chi connectivity index (χ3n) is 6.21. The molecule has 0 radical (unpaired) electrons. The van der Waals surface area contributed by atoms with Crippen molar-refractivity contribution in [1.29, 1.82) is 0 Å². The lowest BCUT2D eigenvalue weighted by atomic mass is 9.80. The van der Waals surface area contributed by atoms with Gasteiger partial charge in [0, 0.05) is 19.7 Å². The number of hydrogen-bond donors (Lipinski definition) is 1. The maximum absolute atomic E-state index is 12.8. The number of aliphatic hydroxyl groups excluding tert-OH is 1. The van der Waals surface area contributed by atoms with E-state index in [-0.39, 0.29) is 24.6 Å². The van der Waals surface area contributed by atoms with Crippen LogP contribution in [0.4, 0.5) is 4.79 Å². The summed E-state index contributed by atoms with van der Waals surface area (Å²) < 4.78 is 10.6. The van der Waals surface area contributed by atoms with Crippen molar-refractivity contribution in [3.8, 4) is 0 Å². The SMILES string of the molecule is COC(=O)C1CCC(CN(CC2CCC(CO)CC2)C(=O)OC(C)(C)C)CC1. The molecule has 1 N–H and O–H groups in total. The number of aliphatic hydroxyl groups is 1. The Morgan fingerprint density at radius 2 is 1.36 bits per heavy atom. The summed E-state index contributed by atoms with van der Waals surface area (Å²) in [7, 11) is 1.45. The van der Waals surface area contributed by atoms with Gasteiger partial charge in [0.05, 0.1) is 13.0 Å². The lowest BCUT2D eigenvalue weighted by Crippen LogP contribution is -2.43. The fourth-order valence-corrected chi connectivity index (χ4v) is 4.52. The summed E-state index contributed by atoms with van der Waals surface area (Å²) in [5.74, 6) is 1.19. The maximum atomic E-state index is 12.8. The Balaban J connectivity index is 1.93. The van der Waals surface area contributed by atoms with E-state index in [2.05, 4.69) is 0 Å². The molecule has 2 aliphatic rings. The van der Waals surface area contributed by atoms with Gasteiger partial charge in [-0.25, -0.2) is 4.79 Å². The predicted molar refractivity (Wildman–Crippen MR) is 108 cm³/mol. The Labute approximate surface area is 169 Å². The van der Waals surface area contributed by atoms with Crippen LogP contribution in [0.1, 0.15) is 72.1 Å². The zero-order valence-electron chi connectivity index (χ0n) is 18.1. The average molecular weight is 398 g/mol. The highest BCUT2D eigenvalue weighted by Gasteiger charge is 2.32. The normalized spacial score (nSPS) is 28.5. The molecule has 0 spiro atoms. The van der Waals surface area contributed by atoms with Crippen LogP contribution in [0, 0.1) is 23.7 Å². The van der Waals surface area contributed by atoms with E-state index >= 15 is 0 Å². The lowest BCUT2D eigenvalue weighted by Gasteiger charge is -2.36. The molecule has 0 aromatic rings. The quantitative estimate of drug-likeness (QED) is 0.686. The van der Waals surface area contributed by atoms with E-state index < -0.39 is 5.60 Å². The zero-order chi connectivity index (χ0) is 20.7. The first-order chi connectivity index (χ1) is 13.2. The van der Waals surface area contributed by atoms with E-state index in [0.717, 1.165) is 57.9 Å². The van der Waals surface area contributed by atoms with E-state index in [9.17, 15) is 14.7 Å². The number of carbonyl (C=O) groups is 2. The molecule has 0 saturated heterocycles. The fourth-order valence-electron chi connectivity index (χ4n) is 4.52. The number of rotatable bonds is 6. The Kier molecular flexibility index (Phi) is 8.59. The molecule has 0 atom stereocenters. The number of hydrogen-bond acceptors (Lipinski definition) is 5. The monoisotopic (exact) mass is 397 g/mol. The largest absolute Gasteiger partial charge is 0.469 e. The lowest BCUT2D eigenvalue weighted by molar-refractivity contribution is -0.146. The Morgan fingerprint density at radius 1 is 0.893 bits per heavy atom. The second kappa shape index (κ2) is 10.5. The van der Waals surface area contributed by atoms with Gasteiger partial charge in [-0.3, -0.25) is 4.79 Å². The third-order valence-corrected chi connectivity index (χ3v) is 6.21. The zero-order valence-corrected chi connectivity index (χ0v) is 18.1. The summed E-state index contributed by atoms with van der Waals surface area (Å²) in [5.41, 5.74) is -0.508. The van der Waals surface area contributed by atoms with Crippen LogP contribution in [0.15, 0.2) is 0 Å². The Bertz CT molecular complexity index is 500. The first-order valence-electron chi connectivity index (χ1n) is 10.9. The molecular weight excluding hydrogens is 358 g/mol. The molecule has 28 heavy (non-hydrogen) atoms. The summed E-state index contributed by atoms with van der Waals surface area (Å²) in [4.78, 5) is 26.5. The summed E-state index contributed by atoms with van der Waals surface area (Å²) in [6.45, 7) is 7.39. The highest BCUT2D eigenvalue weighted by Crippen LogP contribution is 2.32. The average Bonchev–Trinajstić information content (AvgIpc) is 2.66. The van der Waals surface area contributed by atoms with Gasteiger partial charge in [0.1, 0.15) is 5.60 Å². The van der Waals surface area contributed by atoms with E-state index in [1.807, 2.05) is 25.7 Å². The summed E-state index contributed by atoms with van der Waals surface area (Å²) in [6, 6.07) is 0. The van der Waals surface area contributed by atoms with Crippen molar-refractivity contribution in [2.45, 2.75) is 77.7 Å². The molecule has 162 valence electrons. The van der Waals surface area contributed by atoms with Crippen molar-refractivity contribution in [3.63, 3.8) is 0 Å². The molecule has 1 amide bonds. The molecule has 2 saturated carbocycles. The van der Waals surface area contributed by atoms with Crippen LogP contribution in [0.5, 0.6) is 0 Å². The van der Waals surface area contributed by atoms with Gasteiger partial charge < -0.3 is 19.5 Å². The van der Waals surface area contributed by atoms with Gasteiger partial charge in [-0.1, -0.05) is 0 Å². The molecular formula is C22H39NO5. The van der Waals surface area contributed by atoms with Crippen molar-refractivity contribution < 1.29 is 24.2 Å². The van der Waals surface area contributed by atoms with Crippen LogP contribution in [0.2, 0.25) is 0 Å². The minimum atomic E-state index is -0.508. The summed E-state index contributed by atoms with van der Waals surface area (Å²) in [6.07, 6.45) is 7.50. The second-order valence-electron chi connectivity index (χ2n) is 9.70. The third kappa shape index (κ3) is 7.26. The van der Waals surface area contributed by atoms with Crippen LogP contribution < -0.4 is 0 Å². The van der Waals surface area contributed by atoms with Crippen molar-refractivity contribution in [3.05, 3.63) is 0 Å². The predicted octanol–water partition coefficient (Wildman–Crippen LogP) is 4.00. The van der Waals surface area contributed by atoms with Gasteiger partial charge in [0.25, 0.3) is 0 Å². The first-order valence-corrected chi connectivity index (χ1v) is 10.9. The van der Waals surface area contributed by atoms with Gasteiger partial charge in [-0.15, -0.1) is 0 Å². The number of ether oxygens (including phenoxy) is 2. The van der Waals surface area contributed by atoms with Crippen molar-refractivity contribution in [1.82, 2.24) is 4.90 Å². The molecule has 2 aliphatic carbocycles. The number of methoxy groups -OCH3 is 1. The van der Waals surface area contributed by atoms with E-state index in [4.69, 9.17) is 9.47 Å². The fraction of sp³-hybridized carbons (Fsp3) is 0.909. The topological polar surface area (TPSA) is 76.1 Å². The van der Waals surface area contributed by atoms with E-state index in [1.54, 1.807) is 0 Å². The molecule has 0 aromatic carbocycles. The molecule has 0 heterocycles. The standard InChI is InChI=1S/C22H39NO5/c1-22(2,3)28-21(26)23(13-16-5-7-18(15-24)8-6-16)14-17-9-11-19(12-10-17)20(25)27-4/h16-19,24H,5-15H2,1-4H3. The number of nitrogens with zero attached hydrogens (tertiary/aromatic N) is 1. The number of carbonyl (C=O) groups excluding carboxylic acids is 2. The van der Waals surface area contributed by atoms with Crippen LogP contribution in [0.3, 0.4) is 0 Å². The Morgan fingerprint density at radius 3 is 1.79 bits per heavy atom. The van der Waals surface area contributed by atoms with Crippen molar-refractivity contribution >= 4 is 12.1 Å². The molecule has 0 aliphatic heterocycles. The van der Waals surface area contributed by atoms with Gasteiger partial charge >= 0.3 is 12.1 Å². The summed E-state index contributed by atoms with van der Waals surface area (Å²) in [5, 5.41) is 9.35. The van der Waals surface area contributed by atoms with Gasteiger partial charge in [-0.2, -0.15) is 0 Å². The van der Waals surface area contributed by atoms with Crippen molar-refractivity contribution in [2.75, 3.05) is 26.8 Å². The smallest absolute Gasteiger partial charge is 0.410 e. The maximum Gasteiger partial charge on any atom is 0.410 e. The van der Waals surface area contributed by atoms with Gasteiger partial charge in [0.15, 0.2) is 0 Å². The molecule has 2 rings (SSSR count). The highest BCUT2D eigenvalue weighted by atomic mass is 16.6. The summed E-state index contributed by atoms with van der Waals surface area (Å²) >= 11 is 0. The minimum Gasteiger partial charge on any atom is -0.469 e. The van der Waals surface area contributed by atoms with E-state index in [1.165, 1.54) is 7.11 Å². The van der Waals surface area contributed by atoms with Crippen molar-refractivity contribution in [2.24, 2.45) is 23.7 Å². The molecule has 2 fully saturated rings. The van der Waals surface area contributed by atoms with Gasteiger partial charge in [-0.05, 0) is 89.9 Å². The minimum absolute atomic E-state index is 0.00462. The molecule has 0 bridgehead atoms. The Hall–Kier alpha value is -1.30. The molecule has 6 heteroatoms. The molecule has 0 unspecified atom stereocenters. The number of esters is 1. The first kappa shape index (κ1) is 23.0. The molecule has 6 nitrogen and oxygen atoms in total. The van der Waals surface area contributed by atoms with Crippen LogP contribution in [-0.4, -0.2) is 54.5 Å². The van der Waals surface area contributed by atoms with E-state index in [0.29, 0.717) is 24.3 Å². The number of amides is 1. The highest BCUT2D eigenvalue weighted by molar-refractivity contribution is 5.72. The van der Waals surface area contributed by atoms with Gasteiger partial charge in [0.2, 0.25) is 0 Å². The van der Waals surface area contributed by atoms with Crippen LogP contribution >= 0.6 is 0 Å². The van der Waals surface area contributed by atoms with Crippen LogP contribution in [-0.2, 0) is 14.3 Å². The van der Waals surface area contributed by atoms with Crippen LogP contribution in [0.25, 0.3) is 0 Å². The second-order valence-corrected chi connectivity index (χ2v) is 9.70. The molecule has 0 aromatic heterocycles.